The first-order chi connectivity index (χ1) is 22.2. The molecule has 1 amide bonds. The average molecular weight is 636 g/mol. The molecular formula is C30H33N7O9. The van der Waals surface area contributed by atoms with Gasteiger partial charge in [-0.3, -0.25) is 29.8 Å². The van der Waals surface area contributed by atoms with E-state index < -0.39 is 21.9 Å². The zero-order chi connectivity index (χ0) is 33.1. The maximum absolute atomic E-state index is 12.3. The van der Waals surface area contributed by atoms with Crippen molar-refractivity contribution in [3.63, 3.8) is 0 Å². The third-order valence-corrected chi connectivity index (χ3v) is 6.95. The van der Waals surface area contributed by atoms with Gasteiger partial charge >= 0.3 is 12.0 Å². The molecule has 16 nitrogen and oxygen atoms in total. The van der Waals surface area contributed by atoms with Gasteiger partial charge in [0.1, 0.15) is 6.10 Å². The monoisotopic (exact) mass is 635 g/mol. The number of carbonyl (C=O) groups excluding carboxylic acids is 2. The third-order valence-electron chi connectivity index (χ3n) is 6.95. The highest BCUT2D eigenvalue weighted by Gasteiger charge is 2.20. The Morgan fingerprint density at radius 1 is 0.891 bits per heavy atom. The van der Waals surface area contributed by atoms with Gasteiger partial charge in [0.25, 0.3) is 11.4 Å². The summed E-state index contributed by atoms with van der Waals surface area (Å²) in [5.74, 6) is -0.601. The van der Waals surface area contributed by atoms with Crippen molar-refractivity contribution < 1.29 is 33.6 Å². The number of ether oxygens (including phenoxy) is 3. The van der Waals surface area contributed by atoms with Crippen LogP contribution in [0.3, 0.4) is 0 Å². The van der Waals surface area contributed by atoms with E-state index in [9.17, 15) is 29.8 Å². The van der Waals surface area contributed by atoms with Crippen molar-refractivity contribution in [2.75, 3.05) is 20.3 Å². The summed E-state index contributed by atoms with van der Waals surface area (Å²) < 4.78 is 19.1. The molecule has 0 bridgehead atoms. The molecule has 0 aliphatic heterocycles. The number of esters is 1. The molecule has 4 rings (SSSR count). The number of carbonyl (C=O) groups is 2. The van der Waals surface area contributed by atoms with Crippen LogP contribution in [0.1, 0.15) is 37.3 Å². The Morgan fingerprint density at radius 3 is 2.02 bits per heavy atom. The number of hydrogen-bond acceptors (Lipinski definition) is 12. The number of fused-ring (bicyclic) bond motifs is 1. The molecular weight excluding hydrogens is 602 g/mol. The largest absolute Gasteiger partial charge is 0.476 e. The molecule has 16 heteroatoms. The summed E-state index contributed by atoms with van der Waals surface area (Å²) in [6, 6.07) is 12.3. The van der Waals surface area contributed by atoms with E-state index in [-0.39, 0.29) is 61.8 Å². The van der Waals surface area contributed by atoms with Crippen LogP contribution >= 0.6 is 0 Å². The Bertz CT molecular complexity index is 1670. The van der Waals surface area contributed by atoms with Crippen LogP contribution in [0.2, 0.25) is 0 Å². The number of non-ortho nitro benzene ring substituents is 2. The number of nitrogens with one attached hydrogen (secondary N) is 1. The average Bonchev–Trinajstić information content (AvgIpc) is 3.46. The number of nitro benzene ring substituents is 2. The van der Waals surface area contributed by atoms with Crippen LogP contribution in [0.25, 0.3) is 11.2 Å². The van der Waals surface area contributed by atoms with Crippen LogP contribution in [-0.4, -0.2) is 67.6 Å². The smallest absolute Gasteiger partial charge is 0.321 e. The second-order valence-electron chi connectivity index (χ2n) is 10.1. The van der Waals surface area contributed by atoms with Crippen LogP contribution in [0.15, 0.2) is 54.9 Å². The molecule has 0 spiro atoms. The summed E-state index contributed by atoms with van der Waals surface area (Å²) in [4.78, 5) is 58.2. The number of nitrogens with zero attached hydrogens (tertiary/aromatic N) is 6. The molecule has 0 fully saturated rings. The highest BCUT2D eigenvalue weighted by Crippen LogP contribution is 2.25. The first-order valence-electron chi connectivity index (χ1n) is 14.5. The lowest BCUT2D eigenvalue weighted by Gasteiger charge is -2.17. The SMILES string of the molecule is CC[C@H](Cn1cnc2c(OCCc3ccc([N+](=O)[O-])cc3)nc(OCCc3ccc([N+](=O)[O-])cc3)nc21)OC(=O)CCC(=O)NC. The van der Waals surface area contributed by atoms with Gasteiger partial charge < -0.3 is 24.1 Å². The van der Waals surface area contributed by atoms with Crippen LogP contribution in [0.5, 0.6) is 11.9 Å². The number of amides is 1. The second-order valence-corrected chi connectivity index (χ2v) is 10.1. The molecule has 2 aromatic heterocycles. The van der Waals surface area contributed by atoms with Crippen molar-refractivity contribution in [1.82, 2.24) is 24.8 Å². The molecule has 1 atom stereocenters. The third kappa shape index (κ3) is 9.17. The summed E-state index contributed by atoms with van der Waals surface area (Å²) in [5.41, 5.74) is 2.36. The molecule has 0 unspecified atom stereocenters. The van der Waals surface area contributed by atoms with Gasteiger partial charge in [-0.2, -0.15) is 9.97 Å². The zero-order valence-electron chi connectivity index (χ0n) is 25.3. The number of hydrogen-bond donors (Lipinski definition) is 1. The van der Waals surface area contributed by atoms with Gasteiger partial charge in [-0.25, -0.2) is 4.98 Å². The van der Waals surface area contributed by atoms with Crippen molar-refractivity contribution in [2.45, 2.75) is 51.7 Å². The molecule has 0 aliphatic rings. The first-order valence-corrected chi connectivity index (χ1v) is 14.5. The molecule has 0 radical (unpaired) electrons. The first kappa shape index (κ1) is 33.2. The van der Waals surface area contributed by atoms with E-state index >= 15 is 0 Å². The van der Waals surface area contributed by atoms with E-state index in [1.807, 2.05) is 6.92 Å². The van der Waals surface area contributed by atoms with Crippen molar-refractivity contribution in [3.8, 4) is 11.9 Å². The lowest BCUT2D eigenvalue weighted by atomic mass is 10.1. The zero-order valence-corrected chi connectivity index (χ0v) is 25.3. The van der Waals surface area contributed by atoms with E-state index in [1.165, 1.54) is 37.6 Å². The van der Waals surface area contributed by atoms with Crippen LogP contribution < -0.4 is 14.8 Å². The summed E-state index contributed by atoms with van der Waals surface area (Å²) >= 11 is 0. The van der Waals surface area contributed by atoms with Crippen molar-refractivity contribution >= 4 is 34.4 Å². The molecule has 46 heavy (non-hydrogen) atoms. The van der Waals surface area contributed by atoms with E-state index in [2.05, 4.69) is 20.3 Å². The fourth-order valence-corrected chi connectivity index (χ4v) is 4.35. The fourth-order valence-electron chi connectivity index (χ4n) is 4.35. The summed E-state index contributed by atoms with van der Waals surface area (Å²) in [6.07, 6.45) is 2.33. The molecule has 2 aromatic carbocycles. The molecule has 242 valence electrons. The van der Waals surface area contributed by atoms with Gasteiger partial charge in [0, 0.05) is 50.6 Å². The topological polar surface area (TPSA) is 204 Å². The van der Waals surface area contributed by atoms with Gasteiger partial charge in [0.15, 0.2) is 11.2 Å². The van der Waals surface area contributed by atoms with E-state index in [0.717, 1.165) is 11.1 Å². The standard InChI is InChI=1S/C30H33N7O9/c1-3-24(46-26(39)13-12-25(38)31-2)18-35-19-32-27-28(35)33-30(45-17-15-21-6-10-23(11-7-21)37(42)43)34-29(27)44-16-14-20-4-8-22(9-5-20)36(40)41/h4-11,19,24H,3,12-18H2,1-2H3,(H,31,38)/t24-/m1/s1. The molecule has 1 N–H and O–H groups in total. The number of benzene rings is 2. The van der Waals surface area contributed by atoms with Gasteiger partial charge in [-0.1, -0.05) is 31.2 Å². The highest BCUT2D eigenvalue weighted by molar-refractivity contribution is 5.81. The van der Waals surface area contributed by atoms with Crippen molar-refractivity contribution in [1.29, 1.82) is 0 Å². The quantitative estimate of drug-likeness (QED) is 0.100. The van der Waals surface area contributed by atoms with E-state index in [1.54, 1.807) is 28.8 Å². The number of imidazole rings is 1. The lowest BCUT2D eigenvalue weighted by molar-refractivity contribution is -0.385. The Morgan fingerprint density at radius 2 is 1.48 bits per heavy atom. The Hall–Kier alpha value is -5.67. The molecule has 0 saturated heterocycles. The highest BCUT2D eigenvalue weighted by atomic mass is 16.6. The van der Waals surface area contributed by atoms with Gasteiger partial charge in [0.05, 0.1) is 42.4 Å². The maximum Gasteiger partial charge on any atom is 0.321 e. The number of rotatable bonds is 17. The van der Waals surface area contributed by atoms with Crippen LogP contribution in [0, 0.1) is 20.2 Å². The minimum absolute atomic E-state index is 0.00856. The van der Waals surface area contributed by atoms with Gasteiger partial charge in [0.2, 0.25) is 11.8 Å². The second kappa shape index (κ2) is 15.9. The summed E-state index contributed by atoms with van der Waals surface area (Å²) in [7, 11) is 1.50. The van der Waals surface area contributed by atoms with Crippen molar-refractivity contribution in [2.24, 2.45) is 0 Å². The Labute approximate surface area is 263 Å². The predicted molar refractivity (Wildman–Crippen MR) is 163 cm³/mol. The predicted octanol–water partition coefficient (Wildman–Crippen LogP) is 3.73. The van der Waals surface area contributed by atoms with E-state index in [4.69, 9.17) is 14.2 Å². The Balaban J connectivity index is 1.50. The number of aromatic nitrogens is 4. The molecule has 4 aromatic rings. The summed E-state index contributed by atoms with van der Waals surface area (Å²) in [6.45, 7) is 2.43. The van der Waals surface area contributed by atoms with Crippen LogP contribution in [0.4, 0.5) is 11.4 Å². The Kier molecular flexibility index (Phi) is 11.5. The molecule has 0 saturated carbocycles. The maximum atomic E-state index is 12.3. The molecule has 0 aliphatic carbocycles. The van der Waals surface area contributed by atoms with Gasteiger partial charge in [-0.05, 0) is 17.5 Å². The summed E-state index contributed by atoms with van der Waals surface area (Å²) in [5, 5.41) is 24.4. The van der Waals surface area contributed by atoms with Crippen LogP contribution in [-0.2, 0) is 33.7 Å². The van der Waals surface area contributed by atoms with Crippen molar-refractivity contribution in [3.05, 3.63) is 86.2 Å². The number of nitro groups is 2. The minimum atomic E-state index is -0.525. The normalized spacial score (nSPS) is 11.5. The lowest BCUT2D eigenvalue weighted by Crippen LogP contribution is -2.24. The minimum Gasteiger partial charge on any atom is -0.476 e. The van der Waals surface area contributed by atoms with Gasteiger partial charge in [-0.15, -0.1) is 0 Å². The molecule has 2 heterocycles. The van der Waals surface area contributed by atoms with E-state index in [0.29, 0.717) is 30.4 Å². The fraction of sp³-hybridized carbons (Fsp3) is 0.367.